The zero-order chi connectivity index (χ0) is 20.1. The van der Waals surface area contributed by atoms with Gasteiger partial charge in [0.2, 0.25) is 5.91 Å². The van der Waals surface area contributed by atoms with Gasteiger partial charge in [-0.1, -0.05) is 24.3 Å². The van der Waals surface area contributed by atoms with Crippen molar-refractivity contribution in [1.82, 2.24) is 4.98 Å². The van der Waals surface area contributed by atoms with Crippen LogP contribution in [0.2, 0.25) is 0 Å². The number of esters is 1. The highest BCUT2D eigenvalue weighted by Gasteiger charge is 2.20. The molecule has 0 aliphatic rings. The summed E-state index contributed by atoms with van der Waals surface area (Å²) in [5.41, 5.74) is 3.18. The van der Waals surface area contributed by atoms with Crippen molar-refractivity contribution in [1.29, 1.82) is 0 Å². The van der Waals surface area contributed by atoms with E-state index in [9.17, 15) is 9.59 Å². The van der Waals surface area contributed by atoms with E-state index in [1.54, 1.807) is 31.2 Å². The van der Waals surface area contributed by atoms with Gasteiger partial charge in [0.25, 0.3) is 0 Å². The molecule has 1 heterocycles. The molecule has 0 atom stereocenters. The first-order valence-electron chi connectivity index (χ1n) is 9.05. The molecule has 3 aromatic rings. The maximum absolute atomic E-state index is 12.6. The highest BCUT2D eigenvalue weighted by atomic mass is 16.5. The number of para-hydroxylation sites is 1. The van der Waals surface area contributed by atoms with Crippen LogP contribution in [0.5, 0.6) is 5.75 Å². The van der Waals surface area contributed by atoms with E-state index in [1.807, 2.05) is 31.2 Å². The maximum atomic E-state index is 12.6. The molecular weight excluding hydrogens is 356 g/mol. The second kappa shape index (κ2) is 8.52. The Morgan fingerprint density at radius 2 is 1.89 bits per heavy atom. The normalized spacial score (nSPS) is 10.5. The van der Waals surface area contributed by atoms with E-state index in [-0.39, 0.29) is 19.1 Å². The molecule has 28 heavy (non-hydrogen) atoms. The summed E-state index contributed by atoms with van der Waals surface area (Å²) in [5.74, 6) is -0.00825. The minimum atomic E-state index is -0.413. The molecule has 144 valence electrons. The van der Waals surface area contributed by atoms with Crippen molar-refractivity contribution in [2.75, 3.05) is 11.9 Å². The number of ether oxygens (including phenoxy) is 2. The average molecular weight is 378 g/mol. The summed E-state index contributed by atoms with van der Waals surface area (Å²) in [6.07, 6.45) is 0. The number of anilines is 1. The molecule has 0 saturated heterocycles. The quantitative estimate of drug-likeness (QED) is 0.649. The summed E-state index contributed by atoms with van der Waals surface area (Å²) >= 11 is 0. The monoisotopic (exact) mass is 378 g/mol. The number of hydrogen-bond donors (Lipinski definition) is 1. The van der Waals surface area contributed by atoms with Gasteiger partial charge in [0.15, 0.2) is 0 Å². The Morgan fingerprint density at radius 1 is 1.11 bits per heavy atom. The molecule has 6 heteroatoms. The van der Waals surface area contributed by atoms with Crippen molar-refractivity contribution in [3.8, 4) is 5.75 Å². The molecular formula is C22H22N2O4. The number of rotatable bonds is 6. The summed E-state index contributed by atoms with van der Waals surface area (Å²) < 4.78 is 11.1. The van der Waals surface area contributed by atoms with Crippen molar-refractivity contribution in [2.24, 2.45) is 0 Å². The largest absolute Gasteiger partial charge is 0.487 e. The molecule has 0 aliphatic carbocycles. The molecule has 1 N–H and O–H groups in total. The summed E-state index contributed by atoms with van der Waals surface area (Å²) in [6.45, 7) is 5.48. The molecule has 0 radical (unpaired) electrons. The minimum absolute atomic E-state index is 0.101. The number of benzene rings is 2. The number of carbonyl (C=O) groups is 2. The molecule has 0 unspecified atom stereocenters. The number of hydrogen-bond acceptors (Lipinski definition) is 5. The Kier molecular flexibility index (Phi) is 5.89. The third kappa shape index (κ3) is 4.28. The van der Waals surface area contributed by atoms with Gasteiger partial charge < -0.3 is 14.8 Å². The number of nitrogens with one attached hydrogen (secondary N) is 1. The van der Waals surface area contributed by atoms with Crippen LogP contribution >= 0.6 is 0 Å². The molecule has 1 amide bonds. The van der Waals surface area contributed by atoms with Gasteiger partial charge in [-0.05, 0) is 37.6 Å². The minimum Gasteiger partial charge on any atom is -0.487 e. The topological polar surface area (TPSA) is 77.5 Å². The number of nitrogens with zero attached hydrogens (tertiary/aromatic N) is 1. The van der Waals surface area contributed by atoms with Gasteiger partial charge in [-0.3, -0.25) is 4.79 Å². The van der Waals surface area contributed by atoms with E-state index < -0.39 is 5.97 Å². The fraction of sp³-hybridized carbons (Fsp3) is 0.227. The Bertz CT molecular complexity index is 1030. The van der Waals surface area contributed by atoms with Gasteiger partial charge in [0.1, 0.15) is 12.4 Å². The summed E-state index contributed by atoms with van der Waals surface area (Å²) in [4.78, 5) is 28.4. The zero-order valence-electron chi connectivity index (χ0n) is 16.1. The highest BCUT2D eigenvalue weighted by molar-refractivity contribution is 5.98. The Balaban J connectivity index is 1.94. The molecule has 2 aromatic carbocycles. The first-order valence-corrected chi connectivity index (χ1v) is 9.05. The van der Waals surface area contributed by atoms with Crippen LogP contribution in [-0.2, 0) is 16.1 Å². The standard InChI is InChI=1S/C22H22N2O4/c1-4-27-22(26)21-14(2)18-10-5-6-11-19(18)24-20(21)13-28-17-9-7-8-16(12-17)23-15(3)25/h5-12H,4,13H2,1-3H3,(H,23,25). The smallest absolute Gasteiger partial charge is 0.340 e. The molecule has 0 spiro atoms. The zero-order valence-corrected chi connectivity index (χ0v) is 16.1. The van der Waals surface area contributed by atoms with Crippen LogP contribution in [0.4, 0.5) is 5.69 Å². The van der Waals surface area contributed by atoms with Crippen LogP contribution in [0.1, 0.15) is 35.5 Å². The van der Waals surface area contributed by atoms with Crippen LogP contribution in [0.15, 0.2) is 48.5 Å². The molecule has 0 fully saturated rings. The van der Waals surface area contributed by atoms with Crippen molar-refractivity contribution in [3.05, 3.63) is 65.4 Å². The number of carbonyl (C=O) groups excluding carboxylic acids is 2. The van der Waals surface area contributed by atoms with Gasteiger partial charge in [-0.25, -0.2) is 9.78 Å². The van der Waals surface area contributed by atoms with Gasteiger partial charge >= 0.3 is 5.97 Å². The van der Waals surface area contributed by atoms with Gasteiger partial charge in [0.05, 0.1) is 23.4 Å². The SMILES string of the molecule is CCOC(=O)c1c(COc2cccc(NC(C)=O)c2)nc2ccccc2c1C. The predicted molar refractivity (Wildman–Crippen MR) is 108 cm³/mol. The molecule has 0 aliphatic heterocycles. The number of fused-ring (bicyclic) bond motifs is 1. The molecule has 1 aromatic heterocycles. The maximum Gasteiger partial charge on any atom is 0.340 e. The highest BCUT2D eigenvalue weighted by Crippen LogP contribution is 2.25. The van der Waals surface area contributed by atoms with E-state index >= 15 is 0 Å². The van der Waals surface area contributed by atoms with E-state index in [4.69, 9.17) is 9.47 Å². The number of aromatic nitrogens is 1. The number of aryl methyl sites for hydroxylation is 1. The van der Waals surface area contributed by atoms with Crippen LogP contribution < -0.4 is 10.1 Å². The van der Waals surface area contributed by atoms with Crippen molar-refractivity contribution in [2.45, 2.75) is 27.4 Å². The third-order valence-electron chi connectivity index (χ3n) is 4.24. The van der Waals surface area contributed by atoms with Gasteiger partial charge in [-0.15, -0.1) is 0 Å². The molecule has 6 nitrogen and oxygen atoms in total. The van der Waals surface area contributed by atoms with Crippen molar-refractivity contribution < 1.29 is 19.1 Å². The lowest BCUT2D eigenvalue weighted by Gasteiger charge is -2.15. The summed E-state index contributed by atoms with van der Waals surface area (Å²) in [7, 11) is 0. The fourth-order valence-electron chi connectivity index (χ4n) is 3.04. The molecule has 0 bridgehead atoms. The Morgan fingerprint density at radius 3 is 2.64 bits per heavy atom. The molecule has 3 rings (SSSR count). The third-order valence-corrected chi connectivity index (χ3v) is 4.24. The van der Waals surface area contributed by atoms with Crippen molar-refractivity contribution >= 4 is 28.5 Å². The lowest BCUT2D eigenvalue weighted by molar-refractivity contribution is -0.114. The second-order valence-electron chi connectivity index (χ2n) is 6.29. The van der Waals surface area contributed by atoms with Crippen LogP contribution in [0.3, 0.4) is 0 Å². The Hall–Kier alpha value is -3.41. The predicted octanol–water partition coefficient (Wildman–Crippen LogP) is 4.26. The fourth-order valence-corrected chi connectivity index (χ4v) is 3.04. The van der Waals surface area contributed by atoms with Gasteiger partial charge in [0, 0.05) is 24.1 Å². The van der Waals surface area contributed by atoms with Crippen LogP contribution in [0.25, 0.3) is 10.9 Å². The van der Waals surface area contributed by atoms with Crippen LogP contribution in [0, 0.1) is 6.92 Å². The first kappa shape index (κ1) is 19.4. The second-order valence-corrected chi connectivity index (χ2v) is 6.29. The van der Waals surface area contributed by atoms with E-state index in [1.165, 1.54) is 6.92 Å². The molecule has 0 saturated carbocycles. The number of pyridine rings is 1. The average Bonchev–Trinajstić information content (AvgIpc) is 2.66. The number of amides is 1. The summed E-state index contributed by atoms with van der Waals surface area (Å²) in [5, 5.41) is 3.62. The summed E-state index contributed by atoms with van der Waals surface area (Å²) in [6, 6.07) is 14.7. The van der Waals surface area contributed by atoms with Crippen LogP contribution in [-0.4, -0.2) is 23.5 Å². The lowest BCUT2D eigenvalue weighted by atomic mass is 10.0. The van der Waals surface area contributed by atoms with E-state index in [0.717, 1.165) is 16.5 Å². The Labute approximate surface area is 163 Å². The lowest BCUT2D eigenvalue weighted by Crippen LogP contribution is -2.14. The van der Waals surface area contributed by atoms with E-state index in [0.29, 0.717) is 22.7 Å². The first-order chi connectivity index (χ1) is 13.5. The van der Waals surface area contributed by atoms with Gasteiger partial charge in [-0.2, -0.15) is 0 Å². The van der Waals surface area contributed by atoms with E-state index in [2.05, 4.69) is 10.3 Å². The van der Waals surface area contributed by atoms with Crippen molar-refractivity contribution in [3.63, 3.8) is 0 Å².